The lowest BCUT2D eigenvalue weighted by atomic mass is 10.0. The number of piperazine rings is 1. The van der Waals surface area contributed by atoms with Crippen LogP contribution in [-0.4, -0.2) is 55.1 Å². The van der Waals surface area contributed by atoms with Crippen LogP contribution in [0.4, 0.5) is 0 Å². The van der Waals surface area contributed by atoms with E-state index in [1.54, 1.807) is 7.11 Å². The van der Waals surface area contributed by atoms with Crippen molar-refractivity contribution in [2.75, 3.05) is 40.3 Å². The van der Waals surface area contributed by atoms with Crippen molar-refractivity contribution in [2.45, 2.75) is 6.54 Å². The molecule has 1 aliphatic rings. The van der Waals surface area contributed by atoms with Gasteiger partial charge in [-0.2, -0.15) is 0 Å². The Morgan fingerprint density at radius 3 is 2.48 bits per heavy atom. The molecule has 140 valence electrons. The molecule has 2 aromatic carbocycles. The Morgan fingerprint density at radius 1 is 1.04 bits per heavy atom. The molecule has 0 saturated carbocycles. The lowest BCUT2D eigenvalue weighted by molar-refractivity contribution is 0.148. The van der Waals surface area contributed by atoms with Gasteiger partial charge in [-0.15, -0.1) is 0 Å². The molecule has 0 amide bonds. The third-order valence-electron chi connectivity index (χ3n) is 5.35. The number of hydrogen-bond donors (Lipinski definition) is 1. The van der Waals surface area contributed by atoms with Crippen molar-refractivity contribution >= 4 is 10.9 Å². The number of benzene rings is 2. The highest BCUT2D eigenvalue weighted by Crippen LogP contribution is 2.25. The largest absolute Gasteiger partial charge is 0.497 e. The number of aromatic amines is 1. The van der Waals surface area contributed by atoms with Gasteiger partial charge in [-0.3, -0.25) is 9.69 Å². The lowest BCUT2D eigenvalue weighted by Gasteiger charge is -2.32. The second-order valence-corrected chi connectivity index (χ2v) is 7.16. The Balaban J connectivity index is 1.84. The Bertz CT molecular complexity index is 990. The van der Waals surface area contributed by atoms with Crippen LogP contribution in [0.25, 0.3) is 22.2 Å². The number of pyridine rings is 1. The zero-order valence-electron chi connectivity index (χ0n) is 15.9. The van der Waals surface area contributed by atoms with Crippen LogP contribution < -0.4 is 10.2 Å². The maximum absolute atomic E-state index is 13.4. The molecule has 0 spiro atoms. The summed E-state index contributed by atoms with van der Waals surface area (Å²) in [6.07, 6.45) is 0. The van der Waals surface area contributed by atoms with Gasteiger partial charge >= 0.3 is 0 Å². The van der Waals surface area contributed by atoms with Crippen LogP contribution in [-0.2, 0) is 6.54 Å². The van der Waals surface area contributed by atoms with Crippen LogP contribution in [0.3, 0.4) is 0 Å². The van der Waals surface area contributed by atoms with Gasteiger partial charge in [-0.1, -0.05) is 30.3 Å². The van der Waals surface area contributed by atoms with Gasteiger partial charge in [-0.25, -0.2) is 0 Å². The molecular weight excluding hydrogens is 338 g/mol. The molecular formula is C22H25N3O2. The van der Waals surface area contributed by atoms with Gasteiger partial charge in [0.1, 0.15) is 5.75 Å². The van der Waals surface area contributed by atoms with Crippen molar-refractivity contribution in [1.82, 2.24) is 14.8 Å². The number of ether oxygens (including phenoxy) is 1. The fourth-order valence-electron chi connectivity index (χ4n) is 3.67. The van der Waals surface area contributed by atoms with E-state index in [4.69, 9.17) is 4.74 Å². The average Bonchev–Trinajstić information content (AvgIpc) is 2.72. The van der Waals surface area contributed by atoms with E-state index in [-0.39, 0.29) is 5.43 Å². The minimum absolute atomic E-state index is 0.0837. The molecule has 1 saturated heterocycles. The van der Waals surface area contributed by atoms with E-state index in [2.05, 4.69) is 21.8 Å². The van der Waals surface area contributed by atoms with Gasteiger partial charge in [0.15, 0.2) is 5.43 Å². The third kappa shape index (κ3) is 3.61. The van der Waals surface area contributed by atoms with Gasteiger partial charge in [0.05, 0.1) is 18.3 Å². The number of H-pyrrole nitrogens is 1. The number of nitrogens with one attached hydrogen (secondary N) is 1. The SMILES string of the molecule is COc1ccc2[nH]c(-c3ccccc3)c(CN3CCN(C)CC3)c(=O)c2c1. The predicted molar refractivity (Wildman–Crippen MR) is 109 cm³/mol. The summed E-state index contributed by atoms with van der Waals surface area (Å²) in [4.78, 5) is 21.6. The van der Waals surface area contributed by atoms with Crippen LogP contribution in [0.15, 0.2) is 53.3 Å². The van der Waals surface area contributed by atoms with Crippen LogP contribution >= 0.6 is 0 Å². The molecule has 0 atom stereocenters. The normalized spacial score (nSPS) is 15.9. The van der Waals surface area contributed by atoms with Crippen molar-refractivity contribution < 1.29 is 4.74 Å². The lowest BCUT2D eigenvalue weighted by Crippen LogP contribution is -2.44. The van der Waals surface area contributed by atoms with E-state index in [1.807, 2.05) is 48.5 Å². The quantitative estimate of drug-likeness (QED) is 0.774. The van der Waals surface area contributed by atoms with Crippen molar-refractivity contribution in [3.63, 3.8) is 0 Å². The zero-order chi connectivity index (χ0) is 18.8. The molecule has 1 N–H and O–H groups in total. The standard InChI is InChI=1S/C22H25N3O2/c1-24-10-12-25(13-11-24)15-19-21(16-6-4-3-5-7-16)23-20-9-8-17(27-2)14-18(20)22(19)26/h3-9,14H,10-13,15H2,1-2H3,(H,23,26). The van der Waals surface area contributed by atoms with Crippen LogP contribution in [0, 0.1) is 0 Å². The Hall–Kier alpha value is -2.63. The summed E-state index contributed by atoms with van der Waals surface area (Å²) in [7, 11) is 3.76. The summed E-state index contributed by atoms with van der Waals surface area (Å²) in [5, 5.41) is 0.679. The highest BCUT2D eigenvalue weighted by Gasteiger charge is 2.20. The topological polar surface area (TPSA) is 48.6 Å². The van der Waals surface area contributed by atoms with Gasteiger partial charge in [0, 0.05) is 43.7 Å². The molecule has 0 bridgehead atoms. The average molecular weight is 363 g/mol. The molecule has 1 aromatic heterocycles. The van der Waals surface area contributed by atoms with Crippen LogP contribution in [0.5, 0.6) is 5.75 Å². The predicted octanol–water partition coefficient (Wildman–Crippen LogP) is 2.95. The fourth-order valence-corrected chi connectivity index (χ4v) is 3.67. The summed E-state index contributed by atoms with van der Waals surface area (Å²) < 4.78 is 5.33. The second kappa shape index (κ2) is 7.55. The first kappa shape index (κ1) is 17.8. The first-order chi connectivity index (χ1) is 13.2. The Kier molecular flexibility index (Phi) is 4.97. The van der Waals surface area contributed by atoms with Crippen molar-refractivity contribution in [1.29, 1.82) is 0 Å². The first-order valence-electron chi connectivity index (χ1n) is 9.35. The van der Waals surface area contributed by atoms with Crippen molar-refractivity contribution in [3.05, 3.63) is 64.3 Å². The summed E-state index contributed by atoms with van der Waals surface area (Å²) in [5.41, 5.74) is 3.70. The highest BCUT2D eigenvalue weighted by atomic mass is 16.5. The Morgan fingerprint density at radius 2 is 1.78 bits per heavy atom. The first-order valence-corrected chi connectivity index (χ1v) is 9.35. The Labute approximate surface area is 159 Å². The van der Waals surface area contributed by atoms with Gasteiger partial charge in [0.2, 0.25) is 0 Å². The number of aromatic nitrogens is 1. The number of methoxy groups -OCH3 is 1. The van der Waals surface area contributed by atoms with Crippen molar-refractivity contribution in [3.8, 4) is 17.0 Å². The van der Waals surface area contributed by atoms with Gasteiger partial charge in [-0.05, 0) is 30.8 Å². The van der Waals surface area contributed by atoms with Crippen molar-refractivity contribution in [2.24, 2.45) is 0 Å². The zero-order valence-corrected chi connectivity index (χ0v) is 15.9. The third-order valence-corrected chi connectivity index (χ3v) is 5.35. The molecule has 3 aromatic rings. The van der Waals surface area contributed by atoms with E-state index < -0.39 is 0 Å². The molecule has 0 radical (unpaired) electrons. The molecule has 1 fully saturated rings. The number of likely N-dealkylation sites (N-methyl/N-ethyl adjacent to an activating group) is 1. The number of fused-ring (bicyclic) bond motifs is 1. The molecule has 4 rings (SSSR count). The molecule has 5 nitrogen and oxygen atoms in total. The second-order valence-electron chi connectivity index (χ2n) is 7.16. The highest BCUT2D eigenvalue weighted by molar-refractivity contribution is 5.84. The van der Waals surface area contributed by atoms with Gasteiger partial charge < -0.3 is 14.6 Å². The monoisotopic (exact) mass is 363 g/mol. The molecule has 5 heteroatoms. The number of hydrogen-bond acceptors (Lipinski definition) is 4. The minimum atomic E-state index is 0.0837. The smallest absolute Gasteiger partial charge is 0.194 e. The molecule has 1 aliphatic heterocycles. The summed E-state index contributed by atoms with van der Waals surface area (Å²) in [6, 6.07) is 15.7. The summed E-state index contributed by atoms with van der Waals surface area (Å²) in [6.45, 7) is 4.65. The van der Waals surface area contributed by atoms with Crippen LogP contribution in [0.1, 0.15) is 5.56 Å². The number of nitrogens with zero attached hydrogens (tertiary/aromatic N) is 2. The van der Waals surface area contributed by atoms with Crippen LogP contribution in [0.2, 0.25) is 0 Å². The summed E-state index contributed by atoms with van der Waals surface area (Å²) >= 11 is 0. The minimum Gasteiger partial charge on any atom is -0.497 e. The summed E-state index contributed by atoms with van der Waals surface area (Å²) in [5.74, 6) is 0.700. The molecule has 2 heterocycles. The van der Waals surface area contributed by atoms with E-state index in [0.29, 0.717) is 17.7 Å². The van der Waals surface area contributed by atoms with E-state index >= 15 is 0 Å². The maximum atomic E-state index is 13.4. The molecule has 0 unspecified atom stereocenters. The maximum Gasteiger partial charge on any atom is 0.194 e. The van der Waals surface area contributed by atoms with E-state index in [0.717, 1.165) is 48.5 Å². The van der Waals surface area contributed by atoms with Gasteiger partial charge in [0.25, 0.3) is 0 Å². The van der Waals surface area contributed by atoms with E-state index in [9.17, 15) is 4.79 Å². The molecule has 27 heavy (non-hydrogen) atoms. The molecule has 0 aliphatic carbocycles. The van der Waals surface area contributed by atoms with E-state index in [1.165, 1.54) is 0 Å². The fraction of sp³-hybridized carbons (Fsp3) is 0.318. The number of rotatable bonds is 4.